The quantitative estimate of drug-likeness (QED) is 0.673. The summed E-state index contributed by atoms with van der Waals surface area (Å²) in [5.74, 6) is -0.310. The summed E-state index contributed by atoms with van der Waals surface area (Å²) in [6.07, 6.45) is 2.25. The van der Waals surface area contributed by atoms with Crippen LogP contribution < -0.4 is 16.4 Å². The zero-order valence-electron chi connectivity index (χ0n) is 17.3. The van der Waals surface area contributed by atoms with E-state index in [1.807, 2.05) is 0 Å². The van der Waals surface area contributed by atoms with Gasteiger partial charge in [-0.15, -0.1) is 0 Å². The molecular weight excluding hydrogens is 395 g/mol. The summed E-state index contributed by atoms with van der Waals surface area (Å²) in [7, 11) is 0. The second kappa shape index (κ2) is 8.96. The molecule has 0 bridgehead atoms. The van der Waals surface area contributed by atoms with E-state index in [1.165, 1.54) is 6.07 Å². The van der Waals surface area contributed by atoms with Gasteiger partial charge in [-0.2, -0.15) is 13.2 Å². The average molecular weight is 425 g/mol. The molecule has 0 atom stereocenters. The highest BCUT2D eigenvalue weighted by atomic mass is 19.4. The number of nitrogens with one attached hydrogen (secondary N) is 2. The van der Waals surface area contributed by atoms with Crippen LogP contribution >= 0.6 is 0 Å². The number of nitrogens with two attached hydrogens (primary N) is 1. The van der Waals surface area contributed by atoms with E-state index < -0.39 is 23.2 Å². The minimum absolute atomic E-state index is 0.0214. The summed E-state index contributed by atoms with van der Waals surface area (Å²) >= 11 is 0. The van der Waals surface area contributed by atoms with Crippen molar-refractivity contribution in [2.45, 2.75) is 76.0 Å². The molecule has 0 heterocycles. The number of halogens is 3. The van der Waals surface area contributed by atoms with Gasteiger partial charge in [0.05, 0.1) is 11.1 Å². The SMILES string of the molecule is Cc1cc(C(=O)NC[C@H]2CC[C@H](NC(=O)C3(N)CCCC3)CC2)cc(C(F)(F)F)c1. The van der Waals surface area contributed by atoms with Crippen molar-refractivity contribution in [2.24, 2.45) is 11.7 Å². The Kier molecular flexibility index (Phi) is 6.75. The van der Waals surface area contributed by atoms with Gasteiger partial charge in [-0.25, -0.2) is 0 Å². The highest BCUT2D eigenvalue weighted by Crippen LogP contribution is 2.31. The molecule has 3 rings (SSSR count). The van der Waals surface area contributed by atoms with Gasteiger partial charge in [0, 0.05) is 18.2 Å². The minimum atomic E-state index is -4.48. The van der Waals surface area contributed by atoms with Crippen LogP contribution in [0.15, 0.2) is 18.2 Å². The van der Waals surface area contributed by atoms with Crippen molar-refractivity contribution in [3.8, 4) is 0 Å². The van der Waals surface area contributed by atoms with Crippen molar-refractivity contribution in [1.82, 2.24) is 10.6 Å². The molecule has 1 aromatic carbocycles. The van der Waals surface area contributed by atoms with Gasteiger partial charge in [0.1, 0.15) is 0 Å². The monoisotopic (exact) mass is 425 g/mol. The van der Waals surface area contributed by atoms with Gasteiger partial charge in [-0.1, -0.05) is 12.8 Å². The number of hydrogen-bond acceptors (Lipinski definition) is 3. The molecule has 4 N–H and O–H groups in total. The molecule has 2 fully saturated rings. The lowest BCUT2D eigenvalue weighted by atomic mass is 9.85. The van der Waals surface area contributed by atoms with Crippen LogP contribution in [0.2, 0.25) is 0 Å². The number of hydrogen-bond donors (Lipinski definition) is 3. The van der Waals surface area contributed by atoms with Crippen molar-refractivity contribution >= 4 is 11.8 Å². The highest BCUT2D eigenvalue weighted by molar-refractivity contribution is 5.94. The van der Waals surface area contributed by atoms with Crippen molar-refractivity contribution in [3.63, 3.8) is 0 Å². The first-order chi connectivity index (χ1) is 14.1. The van der Waals surface area contributed by atoms with E-state index in [9.17, 15) is 22.8 Å². The summed E-state index contributed by atoms with van der Waals surface area (Å²) < 4.78 is 38.9. The van der Waals surface area contributed by atoms with Crippen LogP contribution in [0.3, 0.4) is 0 Å². The van der Waals surface area contributed by atoms with Gasteiger partial charge < -0.3 is 16.4 Å². The largest absolute Gasteiger partial charge is 0.416 e. The third-order valence-corrected chi connectivity index (χ3v) is 6.35. The number of aryl methyl sites for hydroxylation is 1. The van der Waals surface area contributed by atoms with E-state index in [-0.39, 0.29) is 23.4 Å². The number of carbonyl (C=O) groups is 2. The van der Waals surface area contributed by atoms with Crippen molar-refractivity contribution in [2.75, 3.05) is 6.54 Å². The highest BCUT2D eigenvalue weighted by Gasteiger charge is 2.38. The zero-order chi connectivity index (χ0) is 21.9. The number of rotatable bonds is 5. The summed E-state index contributed by atoms with van der Waals surface area (Å²) in [5, 5.41) is 5.85. The fraction of sp³-hybridized carbons (Fsp3) is 0.636. The van der Waals surface area contributed by atoms with Crippen LogP contribution in [0.1, 0.15) is 72.9 Å². The Bertz CT molecular complexity index is 780. The van der Waals surface area contributed by atoms with Crippen LogP contribution in [0.5, 0.6) is 0 Å². The topological polar surface area (TPSA) is 84.2 Å². The first-order valence-corrected chi connectivity index (χ1v) is 10.6. The third-order valence-electron chi connectivity index (χ3n) is 6.35. The van der Waals surface area contributed by atoms with Crippen molar-refractivity contribution < 1.29 is 22.8 Å². The molecule has 0 saturated heterocycles. The van der Waals surface area contributed by atoms with Gasteiger partial charge in [-0.05, 0) is 75.1 Å². The Morgan fingerprint density at radius 3 is 2.33 bits per heavy atom. The Morgan fingerprint density at radius 2 is 1.73 bits per heavy atom. The van der Waals surface area contributed by atoms with E-state index in [0.717, 1.165) is 63.5 Å². The van der Waals surface area contributed by atoms with Crippen LogP contribution in [0.25, 0.3) is 0 Å². The number of alkyl halides is 3. The molecule has 2 aliphatic rings. The number of benzene rings is 1. The van der Waals surface area contributed by atoms with E-state index in [2.05, 4.69) is 10.6 Å². The first kappa shape index (κ1) is 22.6. The number of carbonyl (C=O) groups excluding carboxylic acids is 2. The summed E-state index contributed by atoms with van der Waals surface area (Å²) in [6, 6.07) is 3.48. The third kappa shape index (κ3) is 5.53. The summed E-state index contributed by atoms with van der Waals surface area (Å²) in [4.78, 5) is 24.8. The predicted molar refractivity (Wildman–Crippen MR) is 108 cm³/mol. The van der Waals surface area contributed by atoms with E-state index in [4.69, 9.17) is 5.73 Å². The van der Waals surface area contributed by atoms with E-state index >= 15 is 0 Å². The average Bonchev–Trinajstić information content (AvgIpc) is 3.14. The molecule has 2 amide bonds. The Hall–Kier alpha value is -2.09. The minimum Gasteiger partial charge on any atom is -0.352 e. The second-order valence-corrected chi connectivity index (χ2v) is 8.85. The summed E-state index contributed by atoms with van der Waals surface area (Å²) in [5.41, 5.74) is 5.07. The fourth-order valence-corrected chi connectivity index (χ4v) is 4.49. The molecule has 0 aliphatic heterocycles. The predicted octanol–water partition coefficient (Wildman–Crippen LogP) is 3.69. The molecule has 8 heteroatoms. The van der Waals surface area contributed by atoms with Gasteiger partial charge >= 0.3 is 6.18 Å². The normalized spacial score (nSPS) is 23.8. The molecule has 0 aromatic heterocycles. The molecular formula is C22H30F3N3O2. The molecule has 166 valence electrons. The zero-order valence-corrected chi connectivity index (χ0v) is 17.3. The molecule has 1 aromatic rings. The maximum atomic E-state index is 13.0. The van der Waals surface area contributed by atoms with Crippen LogP contribution in [-0.4, -0.2) is 29.9 Å². The fourth-order valence-electron chi connectivity index (χ4n) is 4.49. The van der Waals surface area contributed by atoms with Gasteiger partial charge in [0.25, 0.3) is 5.91 Å². The van der Waals surface area contributed by atoms with Gasteiger partial charge in [-0.3, -0.25) is 9.59 Å². The maximum Gasteiger partial charge on any atom is 0.416 e. The molecule has 0 unspecified atom stereocenters. The lowest BCUT2D eigenvalue weighted by molar-refractivity contribution is -0.137. The Balaban J connectivity index is 1.46. The first-order valence-electron chi connectivity index (χ1n) is 10.6. The van der Waals surface area contributed by atoms with Gasteiger partial charge in [0.2, 0.25) is 5.91 Å². The van der Waals surface area contributed by atoms with Crippen molar-refractivity contribution in [3.05, 3.63) is 34.9 Å². The molecule has 30 heavy (non-hydrogen) atoms. The van der Waals surface area contributed by atoms with E-state index in [1.54, 1.807) is 6.92 Å². The molecule has 2 saturated carbocycles. The smallest absolute Gasteiger partial charge is 0.352 e. The Labute approximate surface area is 175 Å². The Morgan fingerprint density at radius 1 is 1.10 bits per heavy atom. The maximum absolute atomic E-state index is 13.0. The van der Waals surface area contributed by atoms with Crippen molar-refractivity contribution in [1.29, 1.82) is 0 Å². The second-order valence-electron chi connectivity index (χ2n) is 8.85. The van der Waals surface area contributed by atoms with E-state index in [0.29, 0.717) is 12.1 Å². The lowest BCUT2D eigenvalue weighted by Gasteiger charge is -2.32. The molecule has 0 spiro atoms. The molecule has 0 radical (unpaired) electrons. The van der Waals surface area contributed by atoms with Crippen LogP contribution in [0, 0.1) is 12.8 Å². The standard InChI is InChI=1S/C22H30F3N3O2/c1-14-10-16(12-17(11-14)22(23,24)25)19(29)27-13-15-4-6-18(7-5-15)28-20(30)21(26)8-2-3-9-21/h10-12,15,18H,2-9,13,26H2,1H3,(H,27,29)(H,28,30)/t15-,18-. The summed E-state index contributed by atoms with van der Waals surface area (Å²) in [6.45, 7) is 1.95. The van der Waals surface area contributed by atoms with Crippen LogP contribution in [0.4, 0.5) is 13.2 Å². The van der Waals surface area contributed by atoms with Gasteiger partial charge in [0.15, 0.2) is 0 Å². The lowest BCUT2D eigenvalue weighted by Crippen LogP contribution is -2.55. The van der Waals surface area contributed by atoms with Crippen LogP contribution in [-0.2, 0) is 11.0 Å². The number of amides is 2. The molecule has 5 nitrogen and oxygen atoms in total. The molecule has 2 aliphatic carbocycles.